The van der Waals surface area contributed by atoms with E-state index in [0.717, 1.165) is 16.6 Å². The SMILES string of the molecule is COC(=O)C=Cc1nn(Cc2ccc(Cl)cc2F)c2cc(N(C)C)ccc12. The van der Waals surface area contributed by atoms with Crippen molar-refractivity contribution in [3.05, 3.63) is 64.6 Å². The first-order valence-electron chi connectivity index (χ1n) is 8.27. The van der Waals surface area contributed by atoms with Crippen molar-refractivity contribution in [2.75, 3.05) is 26.1 Å². The van der Waals surface area contributed by atoms with Crippen molar-refractivity contribution < 1.29 is 13.9 Å². The van der Waals surface area contributed by atoms with Crippen LogP contribution in [0.3, 0.4) is 0 Å². The van der Waals surface area contributed by atoms with E-state index in [1.165, 1.54) is 19.3 Å². The lowest BCUT2D eigenvalue weighted by Gasteiger charge is -2.13. The molecule has 2 aromatic carbocycles. The number of esters is 1. The molecule has 0 N–H and O–H groups in total. The molecule has 0 bridgehead atoms. The molecule has 0 spiro atoms. The number of anilines is 1. The van der Waals surface area contributed by atoms with Crippen molar-refractivity contribution in [2.24, 2.45) is 0 Å². The fourth-order valence-electron chi connectivity index (χ4n) is 2.74. The highest BCUT2D eigenvalue weighted by molar-refractivity contribution is 6.30. The number of benzene rings is 2. The highest BCUT2D eigenvalue weighted by atomic mass is 35.5. The highest BCUT2D eigenvalue weighted by Crippen LogP contribution is 2.26. The van der Waals surface area contributed by atoms with Crippen LogP contribution in [0.15, 0.2) is 42.5 Å². The van der Waals surface area contributed by atoms with Gasteiger partial charge in [-0.1, -0.05) is 17.7 Å². The van der Waals surface area contributed by atoms with E-state index in [0.29, 0.717) is 16.3 Å². The molecule has 7 heteroatoms. The van der Waals surface area contributed by atoms with E-state index in [1.807, 2.05) is 37.2 Å². The van der Waals surface area contributed by atoms with E-state index in [2.05, 4.69) is 9.84 Å². The third-order valence-corrected chi connectivity index (χ3v) is 4.43. The number of aromatic nitrogens is 2. The predicted octanol–water partition coefficient (Wildman–Crippen LogP) is 4.13. The lowest BCUT2D eigenvalue weighted by atomic mass is 10.1. The second-order valence-corrected chi connectivity index (χ2v) is 6.67. The zero-order valence-electron chi connectivity index (χ0n) is 15.2. The number of hydrogen-bond acceptors (Lipinski definition) is 4. The molecular weight excluding hydrogens is 369 g/mol. The van der Waals surface area contributed by atoms with Crippen LogP contribution in [0.1, 0.15) is 11.3 Å². The van der Waals surface area contributed by atoms with Gasteiger partial charge in [0.15, 0.2) is 0 Å². The Kier molecular flexibility index (Phi) is 5.46. The molecule has 0 radical (unpaired) electrons. The Morgan fingerprint density at radius 1 is 1.30 bits per heavy atom. The van der Waals surface area contributed by atoms with Gasteiger partial charge >= 0.3 is 5.97 Å². The minimum absolute atomic E-state index is 0.239. The number of methoxy groups -OCH3 is 1. The fraction of sp³-hybridized carbons (Fsp3) is 0.200. The van der Waals surface area contributed by atoms with E-state index in [9.17, 15) is 9.18 Å². The van der Waals surface area contributed by atoms with Gasteiger partial charge in [-0.25, -0.2) is 9.18 Å². The summed E-state index contributed by atoms with van der Waals surface area (Å²) < 4.78 is 20.6. The van der Waals surface area contributed by atoms with Gasteiger partial charge in [-0.3, -0.25) is 4.68 Å². The summed E-state index contributed by atoms with van der Waals surface area (Å²) in [6, 6.07) is 10.5. The summed E-state index contributed by atoms with van der Waals surface area (Å²) in [4.78, 5) is 13.4. The first-order chi connectivity index (χ1) is 12.9. The van der Waals surface area contributed by atoms with Crippen LogP contribution >= 0.6 is 11.6 Å². The van der Waals surface area contributed by atoms with Crippen LogP contribution in [-0.4, -0.2) is 37.0 Å². The number of hydrogen-bond donors (Lipinski definition) is 0. The predicted molar refractivity (Wildman–Crippen MR) is 106 cm³/mol. The molecule has 3 aromatic rings. The van der Waals surface area contributed by atoms with E-state index >= 15 is 0 Å². The Morgan fingerprint density at radius 2 is 2.07 bits per heavy atom. The minimum atomic E-state index is -0.466. The van der Waals surface area contributed by atoms with Crippen LogP contribution in [0, 0.1) is 5.82 Å². The zero-order chi connectivity index (χ0) is 19.6. The molecule has 0 aliphatic heterocycles. The number of halogens is 2. The number of fused-ring (bicyclic) bond motifs is 1. The maximum absolute atomic E-state index is 14.2. The molecule has 0 fully saturated rings. The molecule has 0 saturated carbocycles. The smallest absolute Gasteiger partial charge is 0.330 e. The Labute approximate surface area is 161 Å². The summed E-state index contributed by atoms with van der Waals surface area (Å²) in [6.07, 6.45) is 2.91. The molecule has 0 aliphatic rings. The monoisotopic (exact) mass is 387 g/mol. The Balaban J connectivity index is 2.10. The van der Waals surface area contributed by atoms with Crippen molar-refractivity contribution in [3.8, 4) is 0 Å². The van der Waals surface area contributed by atoms with Crippen molar-refractivity contribution in [2.45, 2.75) is 6.54 Å². The summed E-state index contributed by atoms with van der Waals surface area (Å²) in [7, 11) is 5.20. The molecular formula is C20H19ClFN3O2. The average molecular weight is 388 g/mol. The maximum Gasteiger partial charge on any atom is 0.330 e. The quantitative estimate of drug-likeness (QED) is 0.488. The Morgan fingerprint density at radius 3 is 2.74 bits per heavy atom. The largest absolute Gasteiger partial charge is 0.466 e. The second kappa shape index (κ2) is 7.80. The van der Waals surface area contributed by atoms with Crippen molar-refractivity contribution in [3.63, 3.8) is 0 Å². The molecule has 140 valence electrons. The van der Waals surface area contributed by atoms with E-state index < -0.39 is 5.97 Å². The summed E-state index contributed by atoms with van der Waals surface area (Å²) >= 11 is 5.84. The lowest BCUT2D eigenvalue weighted by Crippen LogP contribution is -2.09. The Bertz CT molecular complexity index is 1030. The molecule has 0 saturated heterocycles. The topological polar surface area (TPSA) is 47.4 Å². The highest BCUT2D eigenvalue weighted by Gasteiger charge is 2.13. The van der Waals surface area contributed by atoms with Gasteiger partial charge in [-0.15, -0.1) is 0 Å². The molecule has 3 rings (SSSR count). The third-order valence-electron chi connectivity index (χ3n) is 4.19. The summed E-state index contributed by atoms with van der Waals surface area (Å²) in [5.74, 6) is -0.854. The number of ether oxygens (including phenoxy) is 1. The van der Waals surface area contributed by atoms with Crippen molar-refractivity contribution >= 4 is 40.2 Å². The average Bonchev–Trinajstić information content (AvgIpc) is 2.99. The van der Waals surface area contributed by atoms with Crippen LogP contribution in [0.4, 0.5) is 10.1 Å². The zero-order valence-corrected chi connectivity index (χ0v) is 16.0. The van der Waals surface area contributed by atoms with Gasteiger partial charge in [-0.2, -0.15) is 5.10 Å². The van der Waals surface area contributed by atoms with Crippen molar-refractivity contribution in [1.29, 1.82) is 0 Å². The summed E-state index contributed by atoms with van der Waals surface area (Å²) in [5, 5.41) is 5.76. The summed E-state index contributed by atoms with van der Waals surface area (Å²) in [5.41, 5.74) is 2.90. The first-order valence-corrected chi connectivity index (χ1v) is 8.64. The molecule has 27 heavy (non-hydrogen) atoms. The molecule has 0 unspecified atom stereocenters. The van der Waals surface area contributed by atoms with E-state index in [1.54, 1.807) is 22.9 Å². The van der Waals surface area contributed by atoms with Crippen molar-refractivity contribution in [1.82, 2.24) is 9.78 Å². The molecule has 1 aromatic heterocycles. The van der Waals surface area contributed by atoms with Gasteiger partial charge in [0.2, 0.25) is 0 Å². The first kappa shape index (κ1) is 18.9. The van der Waals surface area contributed by atoms with Crippen LogP contribution in [0.2, 0.25) is 5.02 Å². The number of rotatable bonds is 5. The number of carbonyl (C=O) groups excluding carboxylic acids is 1. The molecule has 0 atom stereocenters. The van der Waals surface area contributed by atoms with E-state index in [-0.39, 0.29) is 12.4 Å². The van der Waals surface area contributed by atoms with Crippen LogP contribution in [0.5, 0.6) is 0 Å². The molecule has 1 heterocycles. The Hall–Kier alpha value is -2.86. The normalized spacial score (nSPS) is 11.3. The molecule has 0 aliphatic carbocycles. The number of carbonyl (C=O) groups is 1. The van der Waals surface area contributed by atoms with Gasteiger partial charge in [0.05, 0.1) is 24.9 Å². The van der Waals surface area contributed by atoms with Gasteiger partial charge in [0.1, 0.15) is 5.82 Å². The maximum atomic E-state index is 14.2. The lowest BCUT2D eigenvalue weighted by molar-refractivity contribution is -0.134. The molecule has 0 amide bonds. The van der Waals surface area contributed by atoms with Crippen LogP contribution < -0.4 is 4.90 Å². The minimum Gasteiger partial charge on any atom is -0.466 e. The second-order valence-electron chi connectivity index (χ2n) is 6.23. The van der Waals surface area contributed by atoms with Gasteiger partial charge in [-0.05, 0) is 36.4 Å². The standard InChI is InChI=1S/C20H19ClFN3O2/c1-24(2)15-6-7-16-18(8-9-20(26)27-3)23-25(19(16)11-15)12-13-4-5-14(21)10-17(13)22/h4-11H,12H2,1-3H3. The third kappa shape index (κ3) is 4.11. The van der Waals surface area contributed by atoms with Gasteiger partial charge in [0.25, 0.3) is 0 Å². The van der Waals surface area contributed by atoms with Crippen LogP contribution in [0.25, 0.3) is 17.0 Å². The van der Waals surface area contributed by atoms with Gasteiger partial charge in [0, 0.05) is 41.8 Å². The van der Waals surface area contributed by atoms with E-state index in [4.69, 9.17) is 11.6 Å². The van der Waals surface area contributed by atoms with Gasteiger partial charge < -0.3 is 9.64 Å². The molecule has 5 nitrogen and oxygen atoms in total. The number of nitrogens with zero attached hydrogens (tertiary/aromatic N) is 3. The summed E-state index contributed by atoms with van der Waals surface area (Å²) in [6.45, 7) is 0.239. The fourth-order valence-corrected chi connectivity index (χ4v) is 2.89. The van der Waals surface area contributed by atoms with Crippen LogP contribution in [-0.2, 0) is 16.1 Å².